The van der Waals surface area contributed by atoms with Gasteiger partial charge in [-0.15, -0.1) is 0 Å². The smallest absolute Gasteiger partial charge is 0.387 e. The summed E-state index contributed by atoms with van der Waals surface area (Å²) in [5, 5.41) is 2.35. The van der Waals surface area contributed by atoms with Crippen LogP contribution in [0.15, 0.2) is 72.8 Å². The van der Waals surface area contributed by atoms with E-state index in [0.717, 1.165) is 5.56 Å². The molecule has 3 aromatic rings. The van der Waals surface area contributed by atoms with Gasteiger partial charge in [0.2, 0.25) is 0 Å². The van der Waals surface area contributed by atoms with Gasteiger partial charge in [0.25, 0.3) is 5.91 Å². The van der Waals surface area contributed by atoms with Crippen molar-refractivity contribution in [3.05, 3.63) is 95.1 Å². The van der Waals surface area contributed by atoms with E-state index in [-0.39, 0.29) is 28.3 Å². The highest BCUT2D eigenvalue weighted by Crippen LogP contribution is 2.25. The summed E-state index contributed by atoms with van der Waals surface area (Å²) in [5.41, 5.74) is 1.54. The molecule has 0 saturated carbocycles. The number of carbonyl (C=O) groups excluding carboxylic acids is 3. The second kappa shape index (κ2) is 10.3. The Morgan fingerprint density at radius 2 is 1.50 bits per heavy atom. The topological polar surface area (TPSA) is 81.7 Å². The number of hydrogen-bond acceptors (Lipinski definition) is 5. The standard InChI is InChI=1S/C24H19F2NO5/c1-15-10-12-16(13-11-15)22(29)17-6-2-3-7-18(17)23(30)31-14-21(28)27-19-8-4-5-9-20(19)32-24(25)26/h2-13,24H,14H2,1H3,(H,27,28). The summed E-state index contributed by atoms with van der Waals surface area (Å²) in [7, 11) is 0. The summed E-state index contributed by atoms with van der Waals surface area (Å²) in [6.45, 7) is -1.86. The number of hydrogen-bond donors (Lipinski definition) is 1. The van der Waals surface area contributed by atoms with E-state index in [4.69, 9.17) is 4.74 Å². The number of ether oxygens (including phenoxy) is 2. The number of amides is 1. The lowest BCUT2D eigenvalue weighted by atomic mass is 9.98. The van der Waals surface area contributed by atoms with E-state index in [9.17, 15) is 23.2 Å². The van der Waals surface area contributed by atoms with Gasteiger partial charge in [-0.3, -0.25) is 9.59 Å². The van der Waals surface area contributed by atoms with Gasteiger partial charge in [0, 0.05) is 11.1 Å². The summed E-state index contributed by atoms with van der Waals surface area (Å²) >= 11 is 0. The van der Waals surface area contributed by atoms with Gasteiger partial charge in [-0.25, -0.2) is 4.79 Å². The van der Waals surface area contributed by atoms with Crippen LogP contribution in [0.1, 0.15) is 31.8 Å². The van der Waals surface area contributed by atoms with Gasteiger partial charge in [0.05, 0.1) is 11.3 Å². The molecule has 6 nitrogen and oxygen atoms in total. The molecule has 3 aromatic carbocycles. The molecular weight excluding hydrogens is 420 g/mol. The van der Waals surface area contributed by atoms with Crippen LogP contribution < -0.4 is 10.1 Å². The summed E-state index contributed by atoms with van der Waals surface area (Å²) < 4.78 is 34.4. The molecule has 164 valence electrons. The third-order valence-electron chi connectivity index (χ3n) is 4.42. The number of nitrogens with one attached hydrogen (secondary N) is 1. The molecule has 0 aromatic heterocycles. The molecule has 0 saturated heterocycles. The summed E-state index contributed by atoms with van der Waals surface area (Å²) in [5.74, 6) is -2.21. The fourth-order valence-electron chi connectivity index (χ4n) is 2.88. The monoisotopic (exact) mass is 439 g/mol. The van der Waals surface area contributed by atoms with Crippen LogP contribution in [0.25, 0.3) is 0 Å². The maximum atomic E-state index is 12.8. The Labute approximate surface area is 182 Å². The number of halogens is 2. The van der Waals surface area contributed by atoms with Crippen molar-refractivity contribution in [3.63, 3.8) is 0 Å². The Bertz CT molecular complexity index is 1130. The maximum absolute atomic E-state index is 12.8. The molecule has 0 radical (unpaired) electrons. The third kappa shape index (κ3) is 5.75. The third-order valence-corrected chi connectivity index (χ3v) is 4.42. The van der Waals surface area contributed by atoms with Crippen molar-refractivity contribution in [1.29, 1.82) is 0 Å². The first-order valence-corrected chi connectivity index (χ1v) is 9.56. The van der Waals surface area contributed by atoms with E-state index in [2.05, 4.69) is 10.1 Å². The lowest BCUT2D eigenvalue weighted by molar-refractivity contribution is -0.119. The van der Waals surface area contributed by atoms with Crippen molar-refractivity contribution in [2.75, 3.05) is 11.9 Å². The molecule has 0 aliphatic heterocycles. The normalized spacial score (nSPS) is 10.5. The van der Waals surface area contributed by atoms with E-state index < -0.39 is 25.1 Å². The molecule has 32 heavy (non-hydrogen) atoms. The van der Waals surface area contributed by atoms with Crippen LogP contribution in [0.2, 0.25) is 0 Å². The highest BCUT2D eigenvalue weighted by Gasteiger charge is 2.20. The van der Waals surface area contributed by atoms with Gasteiger partial charge >= 0.3 is 12.6 Å². The molecule has 3 rings (SSSR count). The first-order chi connectivity index (χ1) is 15.3. The zero-order chi connectivity index (χ0) is 23.1. The molecule has 0 spiro atoms. The van der Waals surface area contributed by atoms with Gasteiger partial charge in [-0.2, -0.15) is 8.78 Å². The van der Waals surface area contributed by atoms with E-state index in [1.165, 1.54) is 36.4 Å². The molecule has 0 bridgehead atoms. The van der Waals surface area contributed by atoms with Gasteiger partial charge in [0.1, 0.15) is 5.75 Å². The summed E-state index contributed by atoms with van der Waals surface area (Å²) in [6.07, 6.45) is 0. The molecule has 0 fully saturated rings. The first kappa shape index (κ1) is 22.6. The number of esters is 1. The average Bonchev–Trinajstić information content (AvgIpc) is 2.78. The number of carbonyl (C=O) groups is 3. The minimum absolute atomic E-state index is 0.00352. The Morgan fingerprint density at radius 1 is 0.875 bits per heavy atom. The van der Waals surface area contributed by atoms with Crippen LogP contribution >= 0.6 is 0 Å². The minimum atomic E-state index is -3.06. The summed E-state index contributed by atoms with van der Waals surface area (Å²) in [4.78, 5) is 37.5. The molecule has 0 unspecified atom stereocenters. The molecule has 0 atom stereocenters. The molecule has 1 amide bonds. The average molecular weight is 439 g/mol. The molecule has 0 aliphatic rings. The van der Waals surface area contributed by atoms with E-state index in [1.807, 2.05) is 6.92 Å². The highest BCUT2D eigenvalue weighted by molar-refractivity contribution is 6.14. The highest BCUT2D eigenvalue weighted by atomic mass is 19.3. The molecular formula is C24H19F2NO5. The first-order valence-electron chi connectivity index (χ1n) is 9.56. The number of rotatable bonds is 8. The van der Waals surface area contributed by atoms with Crippen LogP contribution in [0.5, 0.6) is 5.75 Å². The largest absolute Gasteiger partial charge is 0.452 e. The lowest BCUT2D eigenvalue weighted by Crippen LogP contribution is -2.22. The summed E-state index contributed by atoms with van der Waals surface area (Å²) in [6, 6.07) is 18.6. The van der Waals surface area contributed by atoms with Crippen molar-refractivity contribution in [2.45, 2.75) is 13.5 Å². The number of alkyl halides is 2. The van der Waals surface area contributed by atoms with Crippen molar-refractivity contribution >= 4 is 23.3 Å². The van der Waals surface area contributed by atoms with E-state index in [1.54, 1.807) is 36.4 Å². The van der Waals surface area contributed by atoms with Gasteiger partial charge in [-0.1, -0.05) is 60.2 Å². The lowest BCUT2D eigenvalue weighted by Gasteiger charge is -2.12. The number of ketones is 1. The fraction of sp³-hybridized carbons (Fsp3) is 0.125. The van der Waals surface area contributed by atoms with Gasteiger partial charge < -0.3 is 14.8 Å². The number of benzene rings is 3. The predicted molar refractivity (Wildman–Crippen MR) is 113 cm³/mol. The van der Waals surface area contributed by atoms with Crippen LogP contribution in [-0.4, -0.2) is 30.9 Å². The molecule has 0 aliphatic carbocycles. The van der Waals surface area contributed by atoms with Crippen molar-refractivity contribution in [2.24, 2.45) is 0 Å². The van der Waals surface area contributed by atoms with Crippen LogP contribution in [0.3, 0.4) is 0 Å². The Morgan fingerprint density at radius 3 is 2.19 bits per heavy atom. The van der Waals surface area contributed by atoms with Crippen LogP contribution in [0.4, 0.5) is 14.5 Å². The zero-order valence-corrected chi connectivity index (χ0v) is 17.0. The Balaban J connectivity index is 1.68. The maximum Gasteiger partial charge on any atom is 0.387 e. The number of anilines is 1. The number of aryl methyl sites for hydroxylation is 1. The van der Waals surface area contributed by atoms with Crippen molar-refractivity contribution in [1.82, 2.24) is 0 Å². The minimum Gasteiger partial charge on any atom is -0.452 e. The van der Waals surface area contributed by atoms with E-state index >= 15 is 0 Å². The van der Waals surface area contributed by atoms with Crippen LogP contribution in [0, 0.1) is 6.92 Å². The SMILES string of the molecule is Cc1ccc(C(=O)c2ccccc2C(=O)OCC(=O)Nc2ccccc2OC(F)F)cc1. The Hall–Kier alpha value is -4.07. The second-order valence-corrected chi connectivity index (χ2v) is 6.74. The number of para-hydroxylation sites is 2. The van der Waals surface area contributed by atoms with Crippen molar-refractivity contribution in [3.8, 4) is 5.75 Å². The molecule has 0 heterocycles. The zero-order valence-electron chi connectivity index (χ0n) is 17.0. The predicted octanol–water partition coefficient (Wildman–Crippen LogP) is 4.62. The fourth-order valence-corrected chi connectivity index (χ4v) is 2.88. The Kier molecular flexibility index (Phi) is 7.28. The quantitative estimate of drug-likeness (QED) is 0.409. The van der Waals surface area contributed by atoms with Gasteiger partial charge in [0.15, 0.2) is 12.4 Å². The molecule has 1 N–H and O–H groups in total. The van der Waals surface area contributed by atoms with E-state index in [0.29, 0.717) is 5.56 Å². The van der Waals surface area contributed by atoms with Crippen LogP contribution in [-0.2, 0) is 9.53 Å². The second-order valence-electron chi connectivity index (χ2n) is 6.74. The van der Waals surface area contributed by atoms with Gasteiger partial charge in [-0.05, 0) is 25.1 Å². The molecule has 8 heteroatoms. The van der Waals surface area contributed by atoms with Crippen molar-refractivity contribution < 1.29 is 32.6 Å².